The summed E-state index contributed by atoms with van der Waals surface area (Å²) < 4.78 is 7.47. The normalized spacial score (nSPS) is 10.7. The number of aryl methyl sites for hydroxylation is 1. The van der Waals surface area contributed by atoms with Crippen molar-refractivity contribution in [2.75, 3.05) is 0 Å². The molecule has 0 aromatic carbocycles. The van der Waals surface area contributed by atoms with Gasteiger partial charge in [0, 0.05) is 17.6 Å². The molecule has 0 unspecified atom stereocenters. The molecule has 0 saturated heterocycles. The molecule has 3 aromatic heterocycles. The van der Waals surface area contributed by atoms with Crippen LogP contribution < -0.4 is 5.32 Å². The van der Waals surface area contributed by atoms with E-state index in [4.69, 9.17) is 4.42 Å². The third-order valence-corrected chi connectivity index (χ3v) is 3.87. The maximum Gasteiger partial charge on any atom is 0.253 e. The number of nitrogens with zero attached hydrogens (tertiary/aromatic N) is 2. The van der Waals surface area contributed by atoms with E-state index in [9.17, 15) is 4.79 Å². The highest BCUT2D eigenvalue weighted by atomic mass is 16.3. The Morgan fingerprint density at radius 3 is 2.83 bits per heavy atom. The zero-order valence-corrected chi connectivity index (χ0v) is 13.2. The number of hydrogen-bond acceptors (Lipinski definition) is 3. The van der Waals surface area contributed by atoms with Crippen molar-refractivity contribution in [1.29, 1.82) is 0 Å². The van der Waals surface area contributed by atoms with Gasteiger partial charge in [0.1, 0.15) is 5.76 Å². The summed E-state index contributed by atoms with van der Waals surface area (Å²) in [5.41, 5.74) is 3.48. The van der Waals surface area contributed by atoms with Crippen molar-refractivity contribution < 1.29 is 9.21 Å². The zero-order valence-electron chi connectivity index (χ0n) is 13.2. The van der Waals surface area contributed by atoms with Crippen molar-refractivity contribution in [1.82, 2.24) is 14.9 Å². The van der Waals surface area contributed by atoms with E-state index >= 15 is 0 Å². The quantitative estimate of drug-likeness (QED) is 0.788. The van der Waals surface area contributed by atoms with E-state index in [1.807, 2.05) is 50.2 Å². The largest absolute Gasteiger partial charge is 0.467 e. The lowest BCUT2D eigenvalue weighted by Crippen LogP contribution is -2.23. The molecule has 0 atom stereocenters. The molecule has 0 radical (unpaired) electrons. The summed E-state index contributed by atoms with van der Waals surface area (Å²) in [4.78, 5) is 16.6. The monoisotopic (exact) mass is 309 g/mol. The molecule has 3 aromatic rings. The molecule has 0 bridgehead atoms. The Bertz CT molecular complexity index is 789. The molecule has 0 aliphatic carbocycles. The van der Waals surface area contributed by atoms with Gasteiger partial charge >= 0.3 is 0 Å². The van der Waals surface area contributed by atoms with Crippen LogP contribution in [0, 0.1) is 13.8 Å². The molecular formula is C18H19N3O2. The van der Waals surface area contributed by atoms with Crippen LogP contribution in [0.3, 0.4) is 0 Å². The van der Waals surface area contributed by atoms with Gasteiger partial charge in [-0.05, 0) is 44.2 Å². The SMILES string of the molecule is Cc1cc(C(=O)NCc2ccccn2)c(C)n1Cc1ccco1. The van der Waals surface area contributed by atoms with Crippen LogP contribution in [0.2, 0.25) is 0 Å². The number of nitrogens with one attached hydrogen (secondary N) is 1. The van der Waals surface area contributed by atoms with Gasteiger partial charge in [-0.25, -0.2) is 0 Å². The molecule has 0 fully saturated rings. The maximum atomic E-state index is 12.4. The van der Waals surface area contributed by atoms with Crippen molar-refractivity contribution in [2.24, 2.45) is 0 Å². The third kappa shape index (κ3) is 3.34. The predicted molar refractivity (Wildman–Crippen MR) is 87.1 cm³/mol. The smallest absolute Gasteiger partial charge is 0.253 e. The van der Waals surface area contributed by atoms with Gasteiger partial charge in [-0.3, -0.25) is 9.78 Å². The number of amides is 1. The summed E-state index contributed by atoms with van der Waals surface area (Å²) in [6.45, 7) is 4.98. The molecule has 118 valence electrons. The Kier molecular flexibility index (Phi) is 4.28. The molecule has 0 spiro atoms. The van der Waals surface area contributed by atoms with Crippen molar-refractivity contribution in [3.63, 3.8) is 0 Å². The number of aromatic nitrogens is 2. The molecule has 5 heteroatoms. The average molecular weight is 309 g/mol. The second-order valence-electron chi connectivity index (χ2n) is 5.45. The molecule has 23 heavy (non-hydrogen) atoms. The van der Waals surface area contributed by atoms with Crippen LogP contribution in [-0.2, 0) is 13.1 Å². The number of carbonyl (C=O) groups excluding carboxylic acids is 1. The van der Waals surface area contributed by atoms with Gasteiger partial charge in [-0.15, -0.1) is 0 Å². The molecule has 3 heterocycles. The Morgan fingerprint density at radius 1 is 1.26 bits per heavy atom. The van der Waals surface area contributed by atoms with Crippen LogP contribution in [0.15, 0.2) is 53.3 Å². The van der Waals surface area contributed by atoms with Crippen molar-refractivity contribution in [3.05, 3.63) is 77.3 Å². The molecule has 0 aliphatic heterocycles. The van der Waals surface area contributed by atoms with E-state index < -0.39 is 0 Å². The number of hydrogen-bond donors (Lipinski definition) is 1. The summed E-state index contributed by atoms with van der Waals surface area (Å²) in [6.07, 6.45) is 3.38. The Labute approximate surface area is 135 Å². The number of furan rings is 1. The summed E-state index contributed by atoms with van der Waals surface area (Å²) in [7, 11) is 0. The highest BCUT2D eigenvalue weighted by molar-refractivity contribution is 5.95. The minimum atomic E-state index is -0.0885. The van der Waals surface area contributed by atoms with Crippen molar-refractivity contribution in [2.45, 2.75) is 26.9 Å². The summed E-state index contributed by atoms with van der Waals surface area (Å²) >= 11 is 0. The Balaban J connectivity index is 1.73. The minimum absolute atomic E-state index is 0.0885. The van der Waals surface area contributed by atoms with Crippen LogP contribution in [0.5, 0.6) is 0 Å². The molecule has 1 N–H and O–H groups in total. The van der Waals surface area contributed by atoms with E-state index in [0.29, 0.717) is 18.7 Å². The standard InChI is InChI=1S/C18H19N3O2/c1-13-10-17(14(2)21(13)12-16-7-5-9-23-16)18(22)20-11-15-6-3-4-8-19-15/h3-10H,11-12H2,1-2H3,(H,20,22). The predicted octanol–water partition coefficient (Wildman–Crippen LogP) is 3.07. The second kappa shape index (κ2) is 6.52. The Morgan fingerprint density at radius 2 is 2.13 bits per heavy atom. The molecule has 3 rings (SSSR count). The highest BCUT2D eigenvalue weighted by Gasteiger charge is 2.16. The van der Waals surface area contributed by atoms with Gasteiger partial charge in [0.15, 0.2) is 0 Å². The fourth-order valence-corrected chi connectivity index (χ4v) is 2.60. The van der Waals surface area contributed by atoms with Crippen LogP contribution in [0.4, 0.5) is 0 Å². The maximum absolute atomic E-state index is 12.4. The first kappa shape index (κ1) is 15.1. The molecular weight excluding hydrogens is 290 g/mol. The minimum Gasteiger partial charge on any atom is -0.467 e. The first-order valence-corrected chi connectivity index (χ1v) is 7.52. The summed E-state index contributed by atoms with van der Waals surface area (Å²) in [6, 6.07) is 11.4. The van der Waals surface area contributed by atoms with Gasteiger partial charge in [0.25, 0.3) is 5.91 Å². The lowest BCUT2D eigenvalue weighted by molar-refractivity contribution is 0.0949. The fourth-order valence-electron chi connectivity index (χ4n) is 2.60. The number of rotatable bonds is 5. The second-order valence-corrected chi connectivity index (χ2v) is 5.45. The van der Waals surface area contributed by atoms with Crippen LogP contribution in [0.1, 0.15) is 33.2 Å². The lowest BCUT2D eigenvalue weighted by Gasteiger charge is -2.08. The lowest BCUT2D eigenvalue weighted by atomic mass is 10.2. The van der Waals surface area contributed by atoms with E-state index in [2.05, 4.69) is 14.9 Å². The molecule has 0 saturated carbocycles. The molecule has 0 aliphatic rings. The summed E-state index contributed by atoms with van der Waals surface area (Å²) in [5.74, 6) is 0.779. The van der Waals surface area contributed by atoms with E-state index in [0.717, 1.165) is 22.8 Å². The first-order valence-electron chi connectivity index (χ1n) is 7.52. The third-order valence-electron chi connectivity index (χ3n) is 3.87. The van der Waals surface area contributed by atoms with Gasteiger partial charge in [-0.1, -0.05) is 6.07 Å². The van der Waals surface area contributed by atoms with E-state index in [1.165, 1.54) is 0 Å². The van der Waals surface area contributed by atoms with Gasteiger partial charge in [-0.2, -0.15) is 0 Å². The summed E-state index contributed by atoms with van der Waals surface area (Å²) in [5, 5.41) is 2.92. The van der Waals surface area contributed by atoms with Gasteiger partial charge in [0.05, 0.1) is 30.6 Å². The van der Waals surface area contributed by atoms with Crippen molar-refractivity contribution >= 4 is 5.91 Å². The average Bonchev–Trinajstić information content (AvgIpc) is 3.17. The number of carbonyl (C=O) groups is 1. The van der Waals surface area contributed by atoms with Gasteiger partial charge < -0.3 is 14.3 Å². The molecule has 1 amide bonds. The van der Waals surface area contributed by atoms with Crippen molar-refractivity contribution in [3.8, 4) is 0 Å². The van der Waals surface area contributed by atoms with Gasteiger partial charge in [0.2, 0.25) is 0 Å². The van der Waals surface area contributed by atoms with Crippen LogP contribution in [0.25, 0.3) is 0 Å². The van der Waals surface area contributed by atoms with E-state index in [-0.39, 0.29) is 5.91 Å². The zero-order chi connectivity index (χ0) is 16.2. The number of pyridine rings is 1. The Hall–Kier alpha value is -2.82. The molecule has 5 nitrogen and oxygen atoms in total. The van der Waals surface area contributed by atoms with Crippen LogP contribution >= 0.6 is 0 Å². The highest BCUT2D eigenvalue weighted by Crippen LogP contribution is 2.17. The topological polar surface area (TPSA) is 60.1 Å². The van der Waals surface area contributed by atoms with Crippen LogP contribution in [-0.4, -0.2) is 15.5 Å². The fraction of sp³-hybridized carbons (Fsp3) is 0.222. The first-order chi connectivity index (χ1) is 11.1. The van der Waals surface area contributed by atoms with E-state index in [1.54, 1.807) is 12.5 Å².